The molecule has 1 aromatic rings. The molecular formula is C10H11BrClNOS. The number of alkyl halides is 1. The molecule has 0 aromatic carbocycles. The summed E-state index contributed by atoms with van der Waals surface area (Å²) < 4.78 is 0.816. The number of hydrogen-bond donors (Lipinski definition) is 0. The highest BCUT2D eigenvalue weighted by atomic mass is 79.9. The quantitative estimate of drug-likeness (QED) is 0.786. The molecule has 1 aliphatic rings. The van der Waals surface area contributed by atoms with Gasteiger partial charge in [0, 0.05) is 18.0 Å². The van der Waals surface area contributed by atoms with Crippen molar-refractivity contribution in [1.82, 2.24) is 4.90 Å². The first-order valence-electron chi connectivity index (χ1n) is 4.84. The van der Waals surface area contributed by atoms with Gasteiger partial charge in [-0.3, -0.25) is 4.79 Å². The van der Waals surface area contributed by atoms with Gasteiger partial charge in [0.05, 0.1) is 9.16 Å². The van der Waals surface area contributed by atoms with Crippen LogP contribution in [0.2, 0.25) is 4.34 Å². The van der Waals surface area contributed by atoms with E-state index in [0.29, 0.717) is 0 Å². The van der Waals surface area contributed by atoms with E-state index in [4.69, 9.17) is 11.6 Å². The third-order valence-corrected chi connectivity index (χ3v) is 4.63. The Morgan fingerprint density at radius 3 is 2.93 bits per heavy atom. The highest BCUT2D eigenvalue weighted by Gasteiger charge is 2.28. The van der Waals surface area contributed by atoms with E-state index in [1.165, 1.54) is 4.88 Å². The van der Waals surface area contributed by atoms with Crippen molar-refractivity contribution in [3.05, 3.63) is 21.3 Å². The van der Waals surface area contributed by atoms with Crippen molar-refractivity contribution in [3.8, 4) is 0 Å². The molecule has 0 radical (unpaired) electrons. The van der Waals surface area contributed by atoms with Crippen LogP contribution < -0.4 is 0 Å². The van der Waals surface area contributed by atoms with E-state index in [2.05, 4.69) is 15.9 Å². The second-order valence-electron chi connectivity index (χ2n) is 3.54. The van der Waals surface area contributed by atoms with E-state index in [1.807, 2.05) is 17.0 Å². The molecule has 0 N–H and O–H groups in total. The Balaban J connectivity index is 1.86. The van der Waals surface area contributed by atoms with Gasteiger partial charge in [-0.15, -0.1) is 11.3 Å². The molecule has 0 aliphatic carbocycles. The summed E-state index contributed by atoms with van der Waals surface area (Å²) in [5.41, 5.74) is 0. The van der Waals surface area contributed by atoms with E-state index in [1.54, 1.807) is 11.3 Å². The van der Waals surface area contributed by atoms with Gasteiger partial charge >= 0.3 is 0 Å². The topological polar surface area (TPSA) is 20.3 Å². The fraction of sp³-hybridized carbons (Fsp3) is 0.500. The number of rotatable bonds is 3. The highest BCUT2D eigenvalue weighted by molar-refractivity contribution is 9.10. The van der Waals surface area contributed by atoms with Gasteiger partial charge in [0.15, 0.2) is 0 Å². The van der Waals surface area contributed by atoms with Crippen LogP contribution in [0, 0.1) is 0 Å². The first-order chi connectivity index (χ1) is 7.16. The molecule has 5 heteroatoms. The molecule has 1 saturated heterocycles. The van der Waals surface area contributed by atoms with E-state index < -0.39 is 0 Å². The highest BCUT2D eigenvalue weighted by Crippen LogP contribution is 2.23. The molecule has 2 heterocycles. The van der Waals surface area contributed by atoms with E-state index in [0.717, 1.165) is 30.3 Å². The summed E-state index contributed by atoms with van der Waals surface area (Å²) in [5, 5.41) is 0. The van der Waals surface area contributed by atoms with Gasteiger partial charge in [-0.05, 0) is 25.0 Å². The lowest BCUT2D eigenvalue weighted by atomic mass is 10.3. The number of likely N-dealkylation sites (tertiary alicyclic amines) is 1. The van der Waals surface area contributed by atoms with Gasteiger partial charge in [-0.25, -0.2) is 0 Å². The number of amides is 1. The minimum atomic E-state index is 0.0319. The summed E-state index contributed by atoms with van der Waals surface area (Å²) in [7, 11) is 0. The standard InChI is InChI=1S/C10H11BrClNOS/c11-8-4-6-13(10(8)14)5-3-7-1-2-9(12)15-7/h1-2,8H,3-6H2. The molecule has 2 rings (SSSR count). The van der Waals surface area contributed by atoms with Crippen molar-refractivity contribution >= 4 is 44.8 Å². The Bertz CT molecular complexity index is 368. The largest absolute Gasteiger partial charge is 0.341 e. The maximum Gasteiger partial charge on any atom is 0.236 e. The van der Waals surface area contributed by atoms with Crippen LogP contribution in [-0.4, -0.2) is 28.7 Å². The Hall–Kier alpha value is -0.0600. The Kier molecular flexibility index (Phi) is 3.69. The van der Waals surface area contributed by atoms with E-state index in [9.17, 15) is 4.79 Å². The van der Waals surface area contributed by atoms with Crippen LogP contribution >= 0.6 is 38.9 Å². The third kappa shape index (κ3) is 2.74. The number of carbonyl (C=O) groups is 1. The molecule has 0 bridgehead atoms. The van der Waals surface area contributed by atoms with E-state index in [-0.39, 0.29) is 10.7 Å². The number of thiophene rings is 1. The molecule has 1 aromatic heterocycles. The van der Waals surface area contributed by atoms with Crippen LogP contribution in [-0.2, 0) is 11.2 Å². The molecule has 1 amide bonds. The SMILES string of the molecule is O=C1C(Br)CCN1CCc1ccc(Cl)s1. The average molecular weight is 309 g/mol. The van der Waals surface area contributed by atoms with Crippen LogP contribution in [0.15, 0.2) is 12.1 Å². The van der Waals surface area contributed by atoms with Crippen LogP contribution in [0.5, 0.6) is 0 Å². The van der Waals surface area contributed by atoms with Gasteiger partial charge in [0.1, 0.15) is 0 Å². The third-order valence-electron chi connectivity index (χ3n) is 2.49. The minimum Gasteiger partial charge on any atom is -0.341 e. The van der Waals surface area contributed by atoms with Crippen LogP contribution in [0.4, 0.5) is 0 Å². The summed E-state index contributed by atoms with van der Waals surface area (Å²) in [4.78, 5) is 14.8. The molecular weight excluding hydrogens is 298 g/mol. The first kappa shape index (κ1) is 11.4. The van der Waals surface area contributed by atoms with Crippen molar-refractivity contribution in [2.75, 3.05) is 13.1 Å². The average Bonchev–Trinajstić information content (AvgIpc) is 2.74. The predicted molar refractivity (Wildman–Crippen MR) is 66.9 cm³/mol. The zero-order chi connectivity index (χ0) is 10.8. The maximum atomic E-state index is 11.6. The van der Waals surface area contributed by atoms with Crippen molar-refractivity contribution in [1.29, 1.82) is 0 Å². The van der Waals surface area contributed by atoms with Crippen LogP contribution in [0.1, 0.15) is 11.3 Å². The molecule has 1 unspecified atom stereocenters. The van der Waals surface area contributed by atoms with Gasteiger partial charge in [0.2, 0.25) is 5.91 Å². The lowest BCUT2D eigenvalue weighted by Gasteiger charge is -2.14. The Morgan fingerprint density at radius 1 is 1.60 bits per heavy atom. The normalized spacial score (nSPS) is 21.3. The predicted octanol–water partition coefficient (Wildman–Crippen LogP) is 2.94. The lowest BCUT2D eigenvalue weighted by molar-refractivity contribution is -0.127. The van der Waals surface area contributed by atoms with Gasteiger partial charge in [-0.2, -0.15) is 0 Å². The summed E-state index contributed by atoms with van der Waals surface area (Å²) in [6, 6.07) is 3.93. The Labute approximate surface area is 106 Å². The summed E-state index contributed by atoms with van der Waals surface area (Å²) in [5.74, 6) is 0.220. The van der Waals surface area contributed by atoms with E-state index >= 15 is 0 Å². The van der Waals surface area contributed by atoms with Crippen molar-refractivity contribution in [3.63, 3.8) is 0 Å². The molecule has 82 valence electrons. The van der Waals surface area contributed by atoms with Crippen molar-refractivity contribution in [2.45, 2.75) is 17.7 Å². The first-order valence-corrected chi connectivity index (χ1v) is 6.95. The molecule has 1 atom stereocenters. The zero-order valence-corrected chi connectivity index (χ0v) is 11.2. The van der Waals surface area contributed by atoms with Crippen molar-refractivity contribution in [2.24, 2.45) is 0 Å². The molecule has 2 nitrogen and oxygen atoms in total. The molecule has 1 fully saturated rings. The smallest absolute Gasteiger partial charge is 0.236 e. The summed E-state index contributed by atoms with van der Waals surface area (Å²) >= 11 is 10.8. The maximum absolute atomic E-state index is 11.6. The monoisotopic (exact) mass is 307 g/mol. The number of nitrogens with zero attached hydrogens (tertiary/aromatic N) is 1. The van der Waals surface area contributed by atoms with Crippen LogP contribution in [0.3, 0.4) is 0 Å². The molecule has 15 heavy (non-hydrogen) atoms. The fourth-order valence-electron chi connectivity index (χ4n) is 1.65. The van der Waals surface area contributed by atoms with Crippen LogP contribution in [0.25, 0.3) is 0 Å². The summed E-state index contributed by atoms with van der Waals surface area (Å²) in [6.07, 6.45) is 1.83. The van der Waals surface area contributed by atoms with Crippen molar-refractivity contribution < 1.29 is 4.79 Å². The minimum absolute atomic E-state index is 0.0319. The fourth-order valence-corrected chi connectivity index (χ4v) is 3.22. The molecule has 0 saturated carbocycles. The lowest BCUT2D eigenvalue weighted by Crippen LogP contribution is -2.29. The molecule has 0 spiro atoms. The second-order valence-corrected chi connectivity index (χ2v) is 6.44. The van der Waals surface area contributed by atoms with Gasteiger partial charge in [-0.1, -0.05) is 27.5 Å². The number of carbonyl (C=O) groups excluding carboxylic acids is 1. The zero-order valence-electron chi connectivity index (χ0n) is 8.08. The van der Waals surface area contributed by atoms with Gasteiger partial charge < -0.3 is 4.90 Å². The van der Waals surface area contributed by atoms with Gasteiger partial charge in [0.25, 0.3) is 0 Å². The number of hydrogen-bond acceptors (Lipinski definition) is 2. The summed E-state index contributed by atoms with van der Waals surface area (Å²) in [6.45, 7) is 1.67. The number of halogens is 2. The Morgan fingerprint density at radius 2 is 2.40 bits per heavy atom. The molecule has 1 aliphatic heterocycles. The second kappa shape index (κ2) is 4.85.